The van der Waals surface area contributed by atoms with E-state index in [1.54, 1.807) is 25.1 Å². The van der Waals surface area contributed by atoms with Gasteiger partial charge in [-0.15, -0.1) is 0 Å². The lowest BCUT2D eigenvalue weighted by atomic mass is 10.2. The van der Waals surface area contributed by atoms with Crippen LogP contribution in [0, 0.1) is 5.82 Å². The van der Waals surface area contributed by atoms with Crippen LogP contribution in [0.25, 0.3) is 0 Å². The number of halogens is 3. The predicted molar refractivity (Wildman–Crippen MR) is 88.1 cm³/mol. The van der Waals surface area contributed by atoms with Crippen molar-refractivity contribution >= 4 is 34.8 Å². The average molecular weight is 358 g/mol. The highest BCUT2D eigenvalue weighted by atomic mass is 35.5. The number of methoxy groups -OCH3 is 1. The molecular formula is C16H14Cl2FNO3. The highest BCUT2D eigenvalue weighted by Crippen LogP contribution is 2.28. The first-order valence-corrected chi connectivity index (χ1v) is 7.42. The van der Waals surface area contributed by atoms with Crippen LogP contribution in [0.4, 0.5) is 10.1 Å². The van der Waals surface area contributed by atoms with Crippen LogP contribution in [0.1, 0.15) is 6.92 Å². The molecule has 2 aromatic carbocycles. The molecule has 0 bridgehead atoms. The van der Waals surface area contributed by atoms with Gasteiger partial charge in [0.1, 0.15) is 17.3 Å². The molecular weight excluding hydrogens is 344 g/mol. The molecule has 0 fully saturated rings. The third kappa shape index (κ3) is 4.50. The summed E-state index contributed by atoms with van der Waals surface area (Å²) in [6.07, 6.45) is -0.834. The van der Waals surface area contributed by atoms with E-state index < -0.39 is 17.8 Å². The monoisotopic (exact) mass is 357 g/mol. The lowest BCUT2D eigenvalue weighted by molar-refractivity contribution is -0.122. The van der Waals surface area contributed by atoms with Crippen molar-refractivity contribution in [1.82, 2.24) is 0 Å². The average Bonchev–Trinajstić information content (AvgIpc) is 2.50. The predicted octanol–water partition coefficient (Wildman–Crippen LogP) is 4.55. The molecule has 1 N–H and O–H groups in total. The Bertz CT molecular complexity index is 724. The lowest BCUT2D eigenvalue weighted by Gasteiger charge is -2.16. The van der Waals surface area contributed by atoms with E-state index in [9.17, 15) is 9.18 Å². The Hall–Kier alpha value is -1.98. The van der Waals surface area contributed by atoms with Crippen LogP contribution in [0.3, 0.4) is 0 Å². The SMILES string of the molecule is COc1ccc(NC(=O)[C@H](C)Oc2ccc(F)cc2Cl)cc1Cl. The van der Waals surface area contributed by atoms with Gasteiger partial charge in [-0.05, 0) is 43.3 Å². The van der Waals surface area contributed by atoms with Gasteiger partial charge in [0.15, 0.2) is 6.10 Å². The van der Waals surface area contributed by atoms with Gasteiger partial charge < -0.3 is 14.8 Å². The van der Waals surface area contributed by atoms with Crippen LogP contribution in [0.15, 0.2) is 36.4 Å². The Kier molecular flexibility index (Phi) is 5.69. The summed E-state index contributed by atoms with van der Waals surface area (Å²) in [5.74, 6) is -0.144. The molecule has 4 nitrogen and oxygen atoms in total. The van der Waals surface area contributed by atoms with Crippen molar-refractivity contribution in [2.24, 2.45) is 0 Å². The van der Waals surface area contributed by atoms with E-state index in [1.807, 2.05) is 0 Å². The van der Waals surface area contributed by atoms with E-state index in [-0.39, 0.29) is 10.8 Å². The molecule has 0 saturated heterocycles. The first-order chi connectivity index (χ1) is 10.9. The fourth-order valence-corrected chi connectivity index (χ4v) is 2.27. The molecule has 2 rings (SSSR count). The summed E-state index contributed by atoms with van der Waals surface area (Å²) < 4.78 is 23.5. The highest BCUT2D eigenvalue weighted by Gasteiger charge is 2.17. The smallest absolute Gasteiger partial charge is 0.265 e. The van der Waals surface area contributed by atoms with Gasteiger partial charge in [-0.25, -0.2) is 4.39 Å². The minimum absolute atomic E-state index is 0.0946. The quantitative estimate of drug-likeness (QED) is 0.853. The van der Waals surface area contributed by atoms with E-state index in [0.717, 1.165) is 6.07 Å². The van der Waals surface area contributed by atoms with Crippen LogP contribution in [0.2, 0.25) is 10.0 Å². The molecule has 0 aliphatic rings. The summed E-state index contributed by atoms with van der Waals surface area (Å²) in [4.78, 5) is 12.1. The van der Waals surface area contributed by atoms with Crippen molar-refractivity contribution in [3.05, 3.63) is 52.3 Å². The maximum absolute atomic E-state index is 13.0. The first kappa shape index (κ1) is 17.4. The van der Waals surface area contributed by atoms with Crippen molar-refractivity contribution in [3.63, 3.8) is 0 Å². The zero-order chi connectivity index (χ0) is 17.0. The fraction of sp³-hybridized carbons (Fsp3) is 0.188. The van der Waals surface area contributed by atoms with Crippen molar-refractivity contribution in [1.29, 1.82) is 0 Å². The van der Waals surface area contributed by atoms with Crippen LogP contribution in [-0.4, -0.2) is 19.1 Å². The van der Waals surface area contributed by atoms with E-state index in [1.165, 1.54) is 19.2 Å². The van der Waals surface area contributed by atoms with Crippen LogP contribution in [0.5, 0.6) is 11.5 Å². The Balaban J connectivity index is 2.03. The normalized spacial score (nSPS) is 11.7. The van der Waals surface area contributed by atoms with Crippen molar-refractivity contribution in [2.75, 3.05) is 12.4 Å². The van der Waals surface area contributed by atoms with Gasteiger partial charge >= 0.3 is 0 Å². The van der Waals surface area contributed by atoms with Gasteiger partial charge in [-0.3, -0.25) is 4.79 Å². The maximum Gasteiger partial charge on any atom is 0.265 e. The Labute approximate surface area is 143 Å². The molecule has 122 valence electrons. The van der Waals surface area contributed by atoms with Crippen LogP contribution < -0.4 is 14.8 Å². The summed E-state index contributed by atoms with van der Waals surface area (Å²) in [7, 11) is 1.50. The van der Waals surface area contributed by atoms with Crippen molar-refractivity contribution in [3.8, 4) is 11.5 Å². The standard InChI is InChI=1S/C16H14Cl2FNO3/c1-9(23-15-5-3-10(19)7-12(15)17)16(21)20-11-4-6-14(22-2)13(18)8-11/h3-9H,1-2H3,(H,20,21)/t9-/m0/s1. The zero-order valence-corrected chi connectivity index (χ0v) is 13.9. The molecule has 0 aromatic heterocycles. The molecule has 1 amide bonds. The topological polar surface area (TPSA) is 47.6 Å². The summed E-state index contributed by atoms with van der Waals surface area (Å²) >= 11 is 11.9. The third-order valence-corrected chi connectivity index (χ3v) is 3.58. The van der Waals surface area contributed by atoms with Gasteiger partial charge in [0.25, 0.3) is 5.91 Å². The van der Waals surface area contributed by atoms with Gasteiger partial charge in [-0.2, -0.15) is 0 Å². The second-order valence-electron chi connectivity index (χ2n) is 4.67. The van der Waals surface area contributed by atoms with Gasteiger partial charge in [0, 0.05) is 5.69 Å². The number of nitrogens with one attached hydrogen (secondary N) is 1. The molecule has 0 radical (unpaired) electrons. The number of anilines is 1. The fourth-order valence-electron chi connectivity index (χ4n) is 1.80. The number of carbonyl (C=O) groups excluding carboxylic acids is 1. The maximum atomic E-state index is 13.0. The molecule has 0 heterocycles. The number of hydrogen-bond acceptors (Lipinski definition) is 3. The molecule has 0 saturated carbocycles. The minimum Gasteiger partial charge on any atom is -0.495 e. The number of benzene rings is 2. The van der Waals surface area contributed by atoms with Crippen molar-refractivity contribution in [2.45, 2.75) is 13.0 Å². The van der Waals surface area contributed by atoms with Gasteiger partial charge in [-0.1, -0.05) is 23.2 Å². The molecule has 0 unspecified atom stereocenters. The Morgan fingerprint density at radius 1 is 1.13 bits per heavy atom. The first-order valence-electron chi connectivity index (χ1n) is 6.67. The summed E-state index contributed by atoms with van der Waals surface area (Å²) in [5, 5.41) is 3.13. The van der Waals surface area contributed by atoms with Crippen LogP contribution >= 0.6 is 23.2 Å². The number of amides is 1. The molecule has 0 aliphatic carbocycles. The number of rotatable bonds is 5. The number of carbonyl (C=O) groups is 1. The summed E-state index contributed by atoms with van der Waals surface area (Å²) in [6, 6.07) is 8.54. The minimum atomic E-state index is -0.834. The van der Waals surface area contributed by atoms with E-state index >= 15 is 0 Å². The largest absolute Gasteiger partial charge is 0.495 e. The second-order valence-corrected chi connectivity index (χ2v) is 5.49. The second kappa shape index (κ2) is 7.53. The molecule has 0 aliphatic heterocycles. The van der Waals surface area contributed by atoms with Crippen LogP contribution in [-0.2, 0) is 4.79 Å². The molecule has 0 spiro atoms. The third-order valence-electron chi connectivity index (χ3n) is 2.99. The van der Waals surface area contributed by atoms with E-state index in [0.29, 0.717) is 16.5 Å². The number of ether oxygens (including phenoxy) is 2. The Morgan fingerprint density at radius 3 is 2.39 bits per heavy atom. The summed E-state index contributed by atoms with van der Waals surface area (Å²) in [5.41, 5.74) is 0.501. The van der Waals surface area contributed by atoms with Gasteiger partial charge in [0.05, 0.1) is 17.2 Å². The Morgan fingerprint density at radius 2 is 1.78 bits per heavy atom. The molecule has 7 heteroatoms. The summed E-state index contributed by atoms with van der Waals surface area (Å²) in [6.45, 7) is 1.56. The van der Waals surface area contributed by atoms with E-state index in [4.69, 9.17) is 32.7 Å². The highest BCUT2D eigenvalue weighted by molar-refractivity contribution is 6.32. The molecule has 1 atom stereocenters. The molecule has 2 aromatic rings. The van der Waals surface area contributed by atoms with Gasteiger partial charge in [0.2, 0.25) is 0 Å². The number of hydrogen-bond donors (Lipinski definition) is 1. The molecule has 23 heavy (non-hydrogen) atoms. The lowest BCUT2D eigenvalue weighted by Crippen LogP contribution is -2.30. The zero-order valence-electron chi connectivity index (χ0n) is 12.4. The van der Waals surface area contributed by atoms with Crippen molar-refractivity contribution < 1.29 is 18.7 Å². The van der Waals surface area contributed by atoms with E-state index in [2.05, 4.69) is 5.32 Å².